The van der Waals surface area contributed by atoms with Crippen molar-refractivity contribution in [2.24, 2.45) is 23.7 Å². The van der Waals surface area contributed by atoms with Crippen molar-refractivity contribution < 1.29 is 50.9 Å². The van der Waals surface area contributed by atoms with E-state index >= 15 is 0 Å². The van der Waals surface area contributed by atoms with Crippen LogP contribution in [0, 0.1) is 0 Å². The number of carboxylic acid groups (broad SMARTS) is 1. The van der Waals surface area contributed by atoms with Crippen LogP contribution < -0.4 is 37.1 Å². The van der Waals surface area contributed by atoms with Gasteiger partial charge in [0, 0.05) is 30.1 Å². The third kappa shape index (κ3) is 8.95. The number of benzene rings is 1. The normalized spacial score (nSPS) is 16.6. The molecule has 19 nitrogen and oxygen atoms in total. The van der Waals surface area contributed by atoms with Gasteiger partial charge in [0.25, 0.3) is 23.7 Å². The lowest BCUT2D eigenvalue weighted by molar-refractivity contribution is -0.656. The fraction of sp³-hybridized carbons (Fsp3) is 0.357. The Bertz CT molecular complexity index is 1830. The minimum Gasteiger partial charge on any atom is -0.724 e. The number of ether oxygens (including phenoxy) is 1. The largest absolute Gasteiger partial charge is 0.724 e. The molecule has 0 spiro atoms. The van der Waals surface area contributed by atoms with Crippen molar-refractivity contribution in [2.45, 2.75) is 37.6 Å². The number of aryl methyl sites for hydroxylation is 1. The molecule has 49 heavy (non-hydrogen) atoms. The Kier molecular flexibility index (Phi) is 11.4. The molecule has 0 bridgehead atoms. The molecule has 264 valence electrons. The van der Waals surface area contributed by atoms with Crippen molar-refractivity contribution in [3.8, 4) is 16.9 Å². The average molecular weight is 722 g/mol. The Morgan fingerprint density at radius 2 is 1.84 bits per heavy atom. The zero-order chi connectivity index (χ0) is 36.1. The van der Waals surface area contributed by atoms with E-state index in [1.165, 1.54) is 19.2 Å². The van der Waals surface area contributed by atoms with Crippen LogP contribution in [-0.4, -0.2) is 95.0 Å². The van der Waals surface area contributed by atoms with Gasteiger partial charge in [0.15, 0.2) is 10.8 Å². The Morgan fingerprint density at radius 1 is 1.18 bits per heavy atom. The highest BCUT2D eigenvalue weighted by molar-refractivity contribution is 7.80. The molecule has 1 saturated heterocycles. The van der Waals surface area contributed by atoms with Gasteiger partial charge in [-0.05, 0) is 37.6 Å². The van der Waals surface area contributed by atoms with E-state index in [1.807, 2.05) is 29.9 Å². The SMILES string of the molecule is C[n+]1cc(-c2ccc(OC[C@H](O/N=C(\C(=O)N[C@@H]3C(=O)N(OS(=O)(=O)[O-])C3(C)C)c3csc(N)n3)C(=O)O)cc2)ccc1NC(CN)CN. The fourth-order valence-electron chi connectivity index (χ4n) is 4.55. The lowest BCUT2D eigenvalue weighted by Crippen LogP contribution is -2.76. The first-order chi connectivity index (χ1) is 23.0. The fourth-order valence-corrected chi connectivity index (χ4v) is 5.54. The molecular weight excluding hydrogens is 686 g/mol. The lowest BCUT2D eigenvalue weighted by Gasteiger charge is -2.51. The smallest absolute Gasteiger partial charge is 0.351 e. The number of aromatic nitrogens is 2. The van der Waals surface area contributed by atoms with Crippen molar-refractivity contribution in [3.05, 3.63) is 53.7 Å². The topological polar surface area (TPSA) is 291 Å². The molecule has 0 aliphatic carbocycles. The lowest BCUT2D eigenvalue weighted by atomic mass is 9.84. The third-order valence-corrected chi connectivity index (χ3v) is 8.29. The van der Waals surface area contributed by atoms with E-state index in [9.17, 15) is 32.5 Å². The maximum atomic E-state index is 13.2. The Hall–Kier alpha value is -4.93. The number of hydrogen-bond acceptors (Lipinski definition) is 16. The number of amides is 2. The quantitative estimate of drug-likeness (QED) is 0.0249. The number of carbonyl (C=O) groups is 3. The summed E-state index contributed by atoms with van der Waals surface area (Å²) in [5, 5.41) is 20.8. The van der Waals surface area contributed by atoms with E-state index in [0.717, 1.165) is 28.3 Å². The Labute approximate surface area is 284 Å². The summed E-state index contributed by atoms with van der Waals surface area (Å²) < 4.78 is 44.7. The minimum atomic E-state index is -5.27. The van der Waals surface area contributed by atoms with Crippen molar-refractivity contribution >= 4 is 56.2 Å². The second-order valence-electron chi connectivity index (χ2n) is 11.2. The van der Waals surface area contributed by atoms with E-state index in [0.29, 0.717) is 23.9 Å². The Balaban J connectivity index is 1.44. The van der Waals surface area contributed by atoms with Crippen LogP contribution in [0.4, 0.5) is 10.9 Å². The molecule has 0 radical (unpaired) electrons. The van der Waals surface area contributed by atoms with Gasteiger partial charge in [0.1, 0.15) is 30.1 Å². The molecule has 1 aliphatic rings. The highest BCUT2D eigenvalue weighted by atomic mass is 32.3. The standard InChI is InChI=1S/C28H35N9O10S2/c1-28(2)23(25(39)37(28)47-49(42,43)44)34-24(38)22(19-14-48-27(31)33-19)35-46-20(26(40)41)13-45-18-7-4-15(5-8-18)16-6-9-21(36(3)12-16)32-17(10-29)11-30/h4-9,12,14,17,20,23H,10-11,13,29-30H2,1-3H3,(H5,31,33,34,38,40,41,42,43,44)/b35-22-/t20-,23+/m0/s1. The zero-order valence-electron chi connectivity index (χ0n) is 26.4. The van der Waals surface area contributed by atoms with Gasteiger partial charge in [0.05, 0.1) is 18.8 Å². The van der Waals surface area contributed by atoms with E-state index in [4.69, 9.17) is 26.8 Å². The number of anilines is 2. The van der Waals surface area contributed by atoms with Gasteiger partial charge in [-0.25, -0.2) is 22.8 Å². The number of thiazole rings is 1. The number of β-lactam (4-membered cyclic amide) rings is 1. The van der Waals surface area contributed by atoms with Crippen LogP contribution in [-0.2, 0) is 41.0 Å². The molecule has 4 rings (SSSR count). The van der Waals surface area contributed by atoms with Gasteiger partial charge in [0.2, 0.25) is 10.4 Å². The van der Waals surface area contributed by atoms with Crippen LogP contribution in [0.2, 0.25) is 0 Å². The van der Waals surface area contributed by atoms with Crippen LogP contribution in [0.5, 0.6) is 5.75 Å². The average Bonchev–Trinajstić information content (AvgIpc) is 3.48. The number of nitrogens with zero attached hydrogens (tertiary/aromatic N) is 4. The van der Waals surface area contributed by atoms with Crippen LogP contribution in [0.15, 0.2) is 53.1 Å². The van der Waals surface area contributed by atoms with Crippen molar-refractivity contribution in [1.82, 2.24) is 15.4 Å². The second kappa shape index (κ2) is 15.1. The first-order valence-corrected chi connectivity index (χ1v) is 16.6. The highest BCUT2D eigenvalue weighted by Crippen LogP contribution is 2.33. The number of carboxylic acids is 1. The van der Waals surface area contributed by atoms with Crippen molar-refractivity contribution in [3.63, 3.8) is 0 Å². The monoisotopic (exact) mass is 721 g/mol. The van der Waals surface area contributed by atoms with Crippen LogP contribution >= 0.6 is 11.3 Å². The predicted molar refractivity (Wildman–Crippen MR) is 173 cm³/mol. The minimum absolute atomic E-state index is 0.0468. The highest BCUT2D eigenvalue weighted by Gasteiger charge is 2.57. The van der Waals surface area contributed by atoms with E-state index < -0.39 is 58.2 Å². The number of nitrogens with two attached hydrogens (primary N) is 3. The van der Waals surface area contributed by atoms with Gasteiger partial charge in [-0.1, -0.05) is 17.3 Å². The van der Waals surface area contributed by atoms with E-state index in [-0.39, 0.29) is 16.9 Å². The number of aliphatic carboxylic acids is 1. The van der Waals surface area contributed by atoms with Gasteiger partial charge in [-0.2, -0.15) is 9.35 Å². The molecule has 1 fully saturated rings. The summed E-state index contributed by atoms with van der Waals surface area (Å²) in [5.74, 6) is -2.39. The van der Waals surface area contributed by atoms with Crippen molar-refractivity contribution in [2.75, 3.05) is 30.7 Å². The van der Waals surface area contributed by atoms with Crippen molar-refractivity contribution in [1.29, 1.82) is 0 Å². The molecule has 3 aromatic rings. The first-order valence-electron chi connectivity index (χ1n) is 14.4. The Morgan fingerprint density at radius 3 is 2.37 bits per heavy atom. The molecule has 2 aromatic heterocycles. The van der Waals surface area contributed by atoms with Gasteiger partial charge < -0.3 is 41.8 Å². The number of pyridine rings is 1. The maximum Gasteiger partial charge on any atom is 0.351 e. The zero-order valence-corrected chi connectivity index (χ0v) is 28.1. The molecule has 3 heterocycles. The summed E-state index contributed by atoms with van der Waals surface area (Å²) in [4.78, 5) is 46.9. The number of carbonyl (C=O) groups excluding carboxylic acids is 2. The number of rotatable bonds is 16. The van der Waals surface area contributed by atoms with Crippen LogP contribution in [0.1, 0.15) is 19.5 Å². The van der Waals surface area contributed by atoms with E-state index in [1.54, 1.807) is 24.3 Å². The molecule has 2 amide bonds. The summed E-state index contributed by atoms with van der Waals surface area (Å²) in [6, 6.07) is 9.24. The van der Waals surface area contributed by atoms with Crippen LogP contribution in [0.25, 0.3) is 11.1 Å². The van der Waals surface area contributed by atoms with E-state index in [2.05, 4.69) is 25.1 Å². The number of hydroxylamine groups is 2. The summed E-state index contributed by atoms with van der Waals surface area (Å²) >= 11 is 0.948. The van der Waals surface area contributed by atoms with Gasteiger partial charge in [-0.15, -0.1) is 11.3 Å². The number of hydrogen-bond donors (Lipinski definition) is 6. The molecule has 9 N–H and O–H groups in total. The third-order valence-electron chi connectivity index (χ3n) is 7.29. The first kappa shape index (κ1) is 36.9. The molecule has 21 heteroatoms. The van der Waals surface area contributed by atoms with Gasteiger partial charge >= 0.3 is 5.97 Å². The molecule has 2 atom stereocenters. The number of nitrogens with one attached hydrogen (secondary N) is 2. The molecule has 1 aromatic carbocycles. The second-order valence-corrected chi connectivity index (χ2v) is 13.0. The summed E-state index contributed by atoms with van der Waals surface area (Å²) in [7, 11) is -3.40. The van der Waals surface area contributed by atoms with Gasteiger partial charge in [-0.3, -0.25) is 14.9 Å². The summed E-state index contributed by atoms with van der Waals surface area (Å²) in [5.41, 5.74) is 16.8. The van der Waals surface area contributed by atoms with Crippen LogP contribution in [0.3, 0.4) is 0 Å². The number of oxime groups is 1. The maximum absolute atomic E-state index is 13.2. The molecule has 1 aliphatic heterocycles. The summed E-state index contributed by atoms with van der Waals surface area (Å²) in [6.07, 6.45) is 0.220. The molecule has 0 saturated carbocycles. The summed E-state index contributed by atoms with van der Waals surface area (Å²) in [6.45, 7) is 2.91. The number of nitrogen functional groups attached to an aromatic ring is 1. The molecular formula is C28H35N9O10S2. The molecule has 0 unspecified atom stereocenters. The predicted octanol–water partition coefficient (Wildman–Crippen LogP) is -1.33.